The van der Waals surface area contributed by atoms with Crippen LogP contribution in [0.2, 0.25) is 0 Å². The highest BCUT2D eigenvalue weighted by Crippen LogP contribution is 2.39. The van der Waals surface area contributed by atoms with Gasteiger partial charge in [0, 0.05) is 12.8 Å². The second-order valence-corrected chi connectivity index (χ2v) is 10.2. The molecule has 0 radical (unpaired) electrons. The summed E-state index contributed by atoms with van der Waals surface area (Å²) in [6.07, 6.45) is -5.00. The number of sulfone groups is 1. The quantitative estimate of drug-likeness (QED) is 0.481. The van der Waals surface area contributed by atoms with E-state index in [9.17, 15) is 28.8 Å². The Bertz CT molecular complexity index is 1060. The van der Waals surface area contributed by atoms with Crippen molar-refractivity contribution in [2.75, 3.05) is 30.9 Å². The summed E-state index contributed by atoms with van der Waals surface area (Å²) in [5.74, 6) is 0.650. The number of anilines is 1. The molecule has 0 bridgehead atoms. The predicted molar refractivity (Wildman–Crippen MR) is 115 cm³/mol. The van der Waals surface area contributed by atoms with Crippen molar-refractivity contribution in [1.82, 2.24) is 0 Å². The highest BCUT2D eigenvalue weighted by atomic mass is 32.2. The van der Waals surface area contributed by atoms with Gasteiger partial charge in [0.1, 0.15) is 42.9 Å². The monoisotopic (exact) mass is 465 g/mol. The van der Waals surface area contributed by atoms with Crippen molar-refractivity contribution in [2.24, 2.45) is 0 Å². The van der Waals surface area contributed by atoms with Gasteiger partial charge in [-0.1, -0.05) is 18.2 Å². The summed E-state index contributed by atoms with van der Waals surface area (Å²) in [5.41, 5.74) is 2.25. The number of rotatable bonds is 5. The van der Waals surface area contributed by atoms with Gasteiger partial charge in [-0.05, 0) is 35.4 Å². The van der Waals surface area contributed by atoms with Gasteiger partial charge in [-0.3, -0.25) is 0 Å². The zero-order chi connectivity index (χ0) is 23.0. The maximum absolute atomic E-state index is 11.7. The Hall–Kier alpha value is -2.21. The van der Waals surface area contributed by atoms with Crippen LogP contribution in [0, 0.1) is 0 Å². The molecule has 174 valence electrons. The van der Waals surface area contributed by atoms with Gasteiger partial charge in [0.2, 0.25) is 0 Å². The lowest BCUT2D eigenvalue weighted by atomic mass is 9.91. The molecule has 0 amide bonds. The number of hydrogen-bond acceptors (Lipinski definition) is 9. The van der Waals surface area contributed by atoms with E-state index < -0.39 is 47.0 Å². The zero-order valence-electron chi connectivity index (χ0n) is 17.5. The highest BCUT2D eigenvalue weighted by molar-refractivity contribution is 7.90. The first-order valence-corrected chi connectivity index (χ1v) is 12.2. The summed E-state index contributed by atoms with van der Waals surface area (Å²) in [6.45, 7) is 1.09. The molecule has 10 heteroatoms. The van der Waals surface area contributed by atoms with Crippen molar-refractivity contribution in [2.45, 2.75) is 42.0 Å². The second-order valence-electron chi connectivity index (χ2n) is 8.16. The third-order valence-corrected chi connectivity index (χ3v) is 7.02. The second kappa shape index (κ2) is 8.97. The molecule has 0 aliphatic carbocycles. The summed E-state index contributed by atoms with van der Waals surface area (Å²) >= 11 is 0. The van der Waals surface area contributed by atoms with Gasteiger partial charge in [-0.25, -0.2) is 8.42 Å². The molecule has 2 aliphatic heterocycles. The molecule has 2 aliphatic rings. The molecule has 1 saturated heterocycles. The standard InChI is InChI=1S/C22H27NO8S/c1-32(28,29)15-5-2-13(3-6-15)11-23-8-9-30-17-7-4-14(10-16(17)23)22-21(27)20(26)19(25)18(12-24)31-22/h2-7,10,18-22,24-27H,8-9,11-12H2,1H3/t18-,19-,20+,21-,22+/m1/s1. The average molecular weight is 466 g/mol. The van der Waals surface area contributed by atoms with Crippen LogP contribution in [-0.4, -0.2) is 79.3 Å². The molecule has 0 unspecified atom stereocenters. The van der Waals surface area contributed by atoms with Crippen molar-refractivity contribution in [3.63, 3.8) is 0 Å². The Morgan fingerprint density at radius 3 is 2.41 bits per heavy atom. The molecule has 2 aromatic carbocycles. The van der Waals surface area contributed by atoms with Gasteiger partial charge >= 0.3 is 0 Å². The number of nitrogens with zero attached hydrogens (tertiary/aromatic N) is 1. The summed E-state index contributed by atoms with van der Waals surface area (Å²) < 4.78 is 34.8. The Balaban J connectivity index is 1.60. The Kier molecular flexibility index (Phi) is 6.44. The van der Waals surface area contributed by atoms with E-state index in [2.05, 4.69) is 4.90 Å². The summed E-state index contributed by atoms with van der Waals surface area (Å²) in [7, 11) is -3.27. The SMILES string of the molecule is CS(=O)(=O)c1ccc(CN2CCOc3ccc([C@@H]4O[C@H](CO)[C@@H](O)[C@H](O)[C@H]4O)cc32)cc1. The van der Waals surface area contributed by atoms with Crippen molar-refractivity contribution in [3.8, 4) is 5.75 Å². The van der Waals surface area contributed by atoms with Crippen molar-refractivity contribution < 1.29 is 38.3 Å². The zero-order valence-corrected chi connectivity index (χ0v) is 18.4. The van der Waals surface area contributed by atoms with Crippen LogP contribution in [0.5, 0.6) is 5.75 Å². The Labute approximate surface area is 186 Å². The first-order chi connectivity index (χ1) is 15.2. The smallest absolute Gasteiger partial charge is 0.175 e. The van der Waals surface area contributed by atoms with E-state index in [1.807, 2.05) is 0 Å². The maximum Gasteiger partial charge on any atom is 0.175 e. The lowest BCUT2D eigenvalue weighted by molar-refractivity contribution is -0.231. The molecule has 0 aromatic heterocycles. The molecule has 32 heavy (non-hydrogen) atoms. The fourth-order valence-electron chi connectivity index (χ4n) is 4.07. The first kappa shape index (κ1) is 23.0. The normalized spacial score (nSPS) is 28.2. The van der Waals surface area contributed by atoms with E-state index in [0.29, 0.717) is 31.0 Å². The van der Waals surface area contributed by atoms with Gasteiger partial charge in [0.15, 0.2) is 9.84 Å². The summed E-state index contributed by atoms with van der Waals surface area (Å²) in [5, 5.41) is 40.1. The molecular weight excluding hydrogens is 438 g/mol. The largest absolute Gasteiger partial charge is 0.490 e. The molecule has 0 saturated carbocycles. The van der Waals surface area contributed by atoms with Gasteiger partial charge in [0.25, 0.3) is 0 Å². The number of hydrogen-bond donors (Lipinski definition) is 4. The molecule has 0 spiro atoms. The van der Waals surface area contributed by atoms with Crippen LogP contribution in [-0.2, 0) is 21.1 Å². The van der Waals surface area contributed by atoms with Gasteiger partial charge in [0.05, 0.1) is 23.7 Å². The number of fused-ring (bicyclic) bond motifs is 1. The molecule has 4 rings (SSSR count). The van der Waals surface area contributed by atoms with Crippen LogP contribution in [0.15, 0.2) is 47.4 Å². The van der Waals surface area contributed by atoms with Gasteiger partial charge in [-0.2, -0.15) is 0 Å². The molecule has 9 nitrogen and oxygen atoms in total. The van der Waals surface area contributed by atoms with Crippen LogP contribution in [0.4, 0.5) is 5.69 Å². The van der Waals surface area contributed by atoms with E-state index in [1.54, 1.807) is 42.5 Å². The Morgan fingerprint density at radius 2 is 1.75 bits per heavy atom. The minimum Gasteiger partial charge on any atom is -0.490 e. The topological polar surface area (TPSA) is 137 Å². The van der Waals surface area contributed by atoms with Crippen LogP contribution in [0.25, 0.3) is 0 Å². The van der Waals surface area contributed by atoms with E-state index in [1.165, 1.54) is 6.26 Å². The minimum atomic E-state index is -3.27. The molecule has 2 heterocycles. The Morgan fingerprint density at radius 1 is 1.03 bits per heavy atom. The summed E-state index contributed by atoms with van der Waals surface area (Å²) in [4.78, 5) is 2.33. The molecule has 4 N–H and O–H groups in total. The number of aliphatic hydroxyl groups is 4. The summed E-state index contributed by atoms with van der Waals surface area (Å²) in [6, 6.07) is 12.0. The maximum atomic E-state index is 11.7. The van der Waals surface area contributed by atoms with Crippen LogP contribution in [0.1, 0.15) is 17.2 Å². The minimum absolute atomic E-state index is 0.258. The molecule has 5 atom stereocenters. The highest BCUT2D eigenvalue weighted by Gasteiger charge is 2.44. The lowest BCUT2D eigenvalue weighted by Crippen LogP contribution is -2.55. The van der Waals surface area contributed by atoms with E-state index in [0.717, 1.165) is 11.3 Å². The molecule has 1 fully saturated rings. The average Bonchev–Trinajstić information content (AvgIpc) is 2.77. The van der Waals surface area contributed by atoms with Crippen LogP contribution >= 0.6 is 0 Å². The third-order valence-electron chi connectivity index (χ3n) is 5.89. The fraction of sp³-hybridized carbons (Fsp3) is 0.455. The van der Waals surface area contributed by atoms with Crippen LogP contribution in [0.3, 0.4) is 0 Å². The van der Waals surface area contributed by atoms with E-state index in [4.69, 9.17) is 9.47 Å². The number of ether oxygens (including phenoxy) is 2. The van der Waals surface area contributed by atoms with Crippen molar-refractivity contribution in [3.05, 3.63) is 53.6 Å². The number of aliphatic hydroxyl groups excluding tert-OH is 4. The van der Waals surface area contributed by atoms with Crippen LogP contribution < -0.4 is 9.64 Å². The van der Waals surface area contributed by atoms with Crippen molar-refractivity contribution >= 4 is 15.5 Å². The van der Waals surface area contributed by atoms with Gasteiger partial charge < -0.3 is 34.8 Å². The fourth-order valence-corrected chi connectivity index (χ4v) is 4.70. The molecular formula is C22H27NO8S. The number of benzene rings is 2. The van der Waals surface area contributed by atoms with Crippen molar-refractivity contribution in [1.29, 1.82) is 0 Å². The first-order valence-electron chi connectivity index (χ1n) is 10.3. The third kappa shape index (κ3) is 4.47. The van der Waals surface area contributed by atoms with Gasteiger partial charge in [-0.15, -0.1) is 0 Å². The predicted octanol–water partition coefficient (Wildman–Crippen LogP) is 0.00400. The van der Waals surface area contributed by atoms with E-state index in [-0.39, 0.29) is 4.90 Å². The van der Waals surface area contributed by atoms with E-state index >= 15 is 0 Å². The lowest BCUT2D eigenvalue weighted by Gasteiger charge is -2.40. The molecule has 2 aromatic rings.